The van der Waals surface area contributed by atoms with Gasteiger partial charge in [0.25, 0.3) is 0 Å². The number of aromatic nitrogens is 4. The smallest absolute Gasteiger partial charge is 0.341 e. The first-order chi connectivity index (χ1) is 20.2. The minimum Gasteiger partial charge on any atom is -0.477 e. The number of nitrogens with zero attached hydrogens (tertiary/aromatic N) is 5. The molecular weight excluding hydrogens is 546 g/mol. The number of likely N-dealkylation sites (tertiary alicyclic amines) is 1. The Balaban J connectivity index is 1.55. The molecule has 2 aliphatic rings. The molecule has 0 radical (unpaired) electrons. The molecule has 7 rings (SSSR count). The molecular formula is C29H28F2N8O3. The highest BCUT2D eigenvalue weighted by atomic mass is 19.2. The molecule has 0 bridgehead atoms. The number of carboxylic acids is 1. The number of hydrogen-bond donors (Lipinski definition) is 4. The minimum atomic E-state index is -1.36. The number of carbonyl (C=O) groups is 1. The van der Waals surface area contributed by atoms with E-state index in [1.54, 1.807) is 32.6 Å². The van der Waals surface area contributed by atoms with E-state index in [9.17, 15) is 19.1 Å². The second-order valence-electron chi connectivity index (χ2n) is 11.0. The molecule has 0 saturated carbocycles. The molecule has 5 aromatic rings. The molecule has 0 aliphatic carbocycles. The fraction of sp³-hybridized carbons (Fsp3) is 0.310. The zero-order valence-corrected chi connectivity index (χ0v) is 23.1. The average molecular weight is 575 g/mol. The van der Waals surface area contributed by atoms with Crippen LogP contribution in [0.4, 0.5) is 20.2 Å². The summed E-state index contributed by atoms with van der Waals surface area (Å²) < 4.78 is 31.9. The van der Waals surface area contributed by atoms with E-state index < -0.39 is 28.6 Å². The van der Waals surface area contributed by atoms with Crippen LogP contribution in [0, 0.1) is 17.6 Å². The van der Waals surface area contributed by atoms with Crippen molar-refractivity contribution in [2.75, 3.05) is 56.4 Å². The van der Waals surface area contributed by atoms with Gasteiger partial charge in [-0.3, -0.25) is 4.79 Å². The van der Waals surface area contributed by atoms with Crippen LogP contribution in [0.3, 0.4) is 0 Å². The number of fused-ring (bicyclic) bond motifs is 5. The van der Waals surface area contributed by atoms with Crippen molar-refractivity contribution in [1.82, 2.24) is 24.5 Å². The Morgan fingerprint density at radius 3 is 2.67 bits per heavy atom. The zero-order chi connectivity index (χ0) is 29.4. The number of carboxylic acid groups (broad SMARTS) is 1. The van der Waals surface area contributed by atoms with Crippen molar-refractivity contribution in [3.05, 3.63) is 58.1 Å². The number of aromatic amines is 1. The highest BCUT2D eigenvalue weighted by molar-refractivity contribution is 6.18. The van der Waals surface area contributed by atoms with E-state index in [2.05, 4.69) is 42.5 Å². The molecule has 4 N–H and O–H groups in total. The topological polar surface area (TPSA) is 131 Å². The van der Waals surface area contributed by atoms with Gasteiger partial charge in [-0.15, -0.1) is 0 Å². The lowest BCUT2D eigenvalue weighted by Crippen LogP contribution is -2.32. The molecule has 2 fully saturated rings. The third-order valence-electron chi connectivity index (χ3n) is 8.80. The summed E-state index contributed by atoms with van der Waals surface area (Å²) in [4.78, 5) is 41.9. The zero-order valence-electron chi connectivity index (χ0n) is 23.1. The van der Waals surface area contributed by atoms with Gasteiger partial charge >= 0.3 is 5.97 Å². The first kappa shape index (κ1) is 26.1. The maximum absolute atomic E-state index is 15.6. The van der Waals surface area contributed by atoms with E-state index in [0.717, 1.165) is 19.0 Å². The van der Waals surface area contributed by atoms with Crippen LogP contribution < -0.4 is 21.1 Å². The van der Waals surface area contributed by atoms with Crippen LogP contribution in [-0.2, 0) is 0 Å². The predicted octanol–water partition coefficient (Wildman–Crippen LogP) is 3.42. The van der Waals surface area contributed by atoms with E-state index in [4.69, 9.17) is 0 Å². The largest absolute Gasteiger partial charge is 0.477 e. The summed E-state index contributed by atoms with van der Waals surface area (Å²) in [6.45, 7) is 2.38. The second-order valence-corrected chi connectivity index (χ2v) is 11.0. The van der Waals surface area contributed by atoms with E-state index >= 15 is 4.39 Å². The molecule has 42 heavy (non-hydrogen) atoms. The Labute approximate surface area is 237 Å². The molecule has 13 heteroatoms. The standard InChI is InChI=1S/C29H28F2N8O3/c1-32-19-7-18(30)23(31)21-22-25(38-10-13-4-5-37(3)20(13)12-38)16(9-34-27(22)36-24(19)21)14-6-15-26(40)17(29(41)42)11-39(33-2)28(15)35-8-14/h6-9,11,13,20,32-33H,4-5,10,12H2,1-3H3,(H,34,36)(H,41,42)/t13-,20+/m0/s1. The first-order valence-electron chi connectivity index (χ1n) is 13.6. The van der Waals surface area contributed by atoms with Crippen LogP contribution in [0.2, 0.25) is 0 Å². The quantitative estimate of drug-likeness (QED) is 0.249. The van der Waals surface area contributed by atoms with E-state index in [1.165, 1.54) is 10.9 Å². The van der Waals surface area contributed by atoms with Crippen LogP contribution in [0.15, 0.2) is 35.5 Å². The Kier molecular flexibility index (Phi) is 5.84. The van der Waals surface area contributed by atoms with Gasteiger partial charge in [-0.1, -0.05) is 0 Å². The van der Waals surface area contributed by atoms with Gasteiger partial charge in [0.05, 0.1) is 33.1 Å². The highest BCUT2D eigenvalue weighted by Gasteiger charge is 2.41. The third-order valence-corrected chi connectivity index (χ3v) is 8.80. The maximum atomic E-state index is 15.6. The van der Waals surface area contributed by atoms with Crippen molar-refractivity contribution in [1.29, 1.82) is 0 Å². The number of benzene rings is 1. The molecule has 2 aliphatic heterocycles. The molecule has 6 heterocycles. The first-order valence-corrected chi connectivity index (χ1v) is 13.6. The summed E-state index contributed by atoms with van der Waals surface area (Å²) in [5.74, 6) is -2.92. The minimum absolute atomic E-state index is 0.0866. The van der Waals surface area contributed by atoms with Crippen LogP contribution >= 0.6 is 0 Å². The summed E-state index contributed by atoms with van der Waals surface area (Å²) in [5.41, 5.74) is 4.93. The number of halogens is 2. The van der Waals surface area contributed by atoms with Crippen molar-refractivity contribution < 1.29 is 18.7 Å². The van der Waals surface area contributed by atoms with Gasteiger partial charge in [0.1, 0.15) is 11.2 Å². The van der Waals surface area contributed by atoms with Gasteiger partial charge < -0.3 is 30.6 Å². The van der Waals surface area contributed by atoms with Gasteiger partial charge in [-0.05, 0) is 32.0 Å². The Morgan fingerprint density at radius 2 is 1.95 bits per heavy atom. The van der Waals surface area contributed by atoms with Crippen LogP contribution in [0.1, 0.15) is 16.8 Å². The summed E-state index contributed by atoms with van der Waals surface area (Å²) in [7, 11) is 5.32. The summed E-state index contributed by atoms with van der Waals surface area (Å²) in [6.07, 6.45) is 5.44. The predicted molar refractivity (Wildman–Crippen MR) is 157 cm³/mol. The number of H-pyrrole nitrogens is 1. The second kappa shape index (κ2) is 9.38. The number of likely N-dealkylation sites (N-methyl/N-ethyl adjacent to an activating group) is 1. The van der Waals surface area contributed by atoms with Crippen molar-refractivity contribution in [3.63, 3.8) is 0 Å². The van der Waals surface area contributed by atoms with Crippen molar-refractivity contribution in [2.24, 2.45) is 5.92 Å². The maximum Gasteiger partial charge on any atom is 0.341 e. The number of hydrogen-bond acceptors (Lipinski definition) is 8. The fourth-order valence-corrected chi connectivity index (χ4v) is 6.71. The average Bonchev–Trinajstić information content (AvgIpc) is 3.68. The Hall–Kier alpha value is -4.78. The molecule has 216 valence electrons. The van der Waals surface area contributed by atoms with Crippen molar-refractivity contribution in [2.45, 2.75) is 12.5 Å². The van der Waals surface area contributed by atoms with Gasteiger partial charge in [0.15, 0.2) is 17.3 Å². The highest BCUT2D eigenvalue weighted by Crippen LogP contribution is 2.45. The lowest BCUT2D eigenvalue weighted by Gasteiger charge is -2.26. The van der Waals surface area contributed by atoms with E-state index in [0.29, 0.717) is 64.1 Å². The molecule has 4 aromatic heterocycles. The number of nitrogens with one attached hydrogen (secondary N) is 3. The number of aromatic carboxylic acids is 1. The van der Waals surface area contributed by atoms with Crippen LogP contribution in [-0.4, -0.2) is 82.4 Å². The molecule has 0 unspecified atom stereocenters. The van der Waals surface area contributed by atoms with E-state index in [1.807, 2.05) is 0 Å². The normalized spacial score (nSPS) is 18.8. The van der Waals surface area contributed by atoms with Crippen molar-refractivity contribution in [3.8, 4) is 11.1 Å². The molecule has 1 aromatic carbocycles. The monoisotopic (exact) mass is 574 g/mol. The van der Waals surface area contributed by atoms with E-state index in [-0.39, 0.29) is 16.4 Å². The fourth-order valence-electron chi connectivity index (χ4n) is 6.71. The summed E-state index contributed by atoms with van der Waals surface area (Å²) in [5, 5.41) is 13.2. The SMILES string of the molecule is CNc1cc(F)c(F)c2c1[nH]c1ncc(-c3cnc4c(c3)c(=O)c(C(=O)O)cn4NC)c(N3C[C@@H]4CCN(C)[C@@H]4C3)c12. The third kappa shape index (κ3) is 3.66. The molecule has 0 spiro atoms. The summed E-state index contributed by atoms with van der Waals surface area (Å²) >= 11 is 0. The van der Waals surface area contributed by atoms with Gasteiger partial charge in [-0.25, -0.2) is 28.2 Å². The number of rotatable bonds is 5. The van der Waals surface area contributed by atoms with Gasteiger partial charge in [0.2, 0.25) is 5.43 Å². The lowest BCUT2D eigenvalue weighted by molar-refractivity contribution is 0.0695. The molecule has 11 nitrogen and oxygen atoms in total. The van der Waals surface area contributed by atoms with Gasteiger partial charge in [0, 0.05) is 69.0 Å². The van der Waals surface area contributed by atoms with Crippen LogP contribution in [0.25, 0.3) is 44.1 Å². The van der Waals surface area contributed by atoms with Gasteiger partial charge in [-0.2, -0.15) is 0 Å². The molecule has 2 saturated heterocycles. The summed E-state index contributed by atoms with van der Waals surface area (Å²) in [6, 6.07) is 3.00. The number of pyridine rings is 3. The van der Waals surface area contributed by atoms with Crippen LogP contribution in [0.5, 0.6) is 0 Å². The Morgan fingerprint density at radius 1 is 1.14 bits per heavy atom. The lowest BCUT2D eigenvalue weighted by atomic mass is 10.0. The molecule has 0 amide bonds. The van der Waals surface area contributed by atoms with Crippen molar-refractivity contribution >= 4 is 50.3 Å². The molecule has 2 atom stereocenters. The Bertz CT molecular complexity index is 2010. The number of anilines is 2.